The summed E-state index contributed by atoms with van der Waals surface area (Å²) in [6, 6.07) is 81.0. The van der Waals surface area contributed by atoms with Crippen LogP contribution in [0.4, 0.5) is 17.1 Å². The third-order valence-electron chi connectivity index (χ3n) is 13.3. The van der Waals surface area contributed by atoms with E-state index in [-0.39, 0.29) is 5.41 Å². The summed E-state index contributed by atoms with van der Waals surface area (Å²) in [7, 11) is 0. The van der Waals surface area contributed by atoms with Crippen LogP contribution in [0.3, 0.4) is 0 Å². The Hall–Kier alpha value is -7.22. The molecule has 2 aliphatic rings. The third kappa shape index (κ3) is 5.46. The molecule has 1 nitrogen and oxygen atoms in total. The maximum atomic E-state index is 2.51. The average molecular weight is 768 g/mol. The van der Waals surface area contributed by atoms with Crippen LogP contribution in [0.1, 0.15) is 52.8 Å². The van der Waals surface area contributed by atoms with Crippen molar-refractivity contribution in [2.24, 2.45) is 0 Å². The van der Waals surface area contributed by atoms with E-state index in [1.54, 1.807) is 0 Å². The van der Waals surface area contributed by atoms with Crippen molar-refractivity contribution in [3.05, 3.63) is 257 Å². The highest BCUT2D eigenvalue weighted by Crippen LogP contribution is 2.58. The Bertz CT molecular complexity index is 3010. The fourth-order valence-electron chi connectivity index (χ4n) is 10.3. The number of anilines is 3. The van der Waals surface area contributed by atoms with Gasteiger partial charge >= 0.3 is 0 Å². The molecule has 11 rings (SSSR count). The molecule has 1 heteroatoms. The van der Waals surface area contributed by atoms with Crippen molar-refractivity contribution in [1.82, 2.24) is 0 Å². The second-order valence-corrected chi connectivity index (χ2v) is 16.9. The molecule has 286 valence electrons. The SMILES string of the molecule is Cc1cc(-c2ccccc2)ccc1N1c2ccc(-c3ccccc3)cc2C(C)(C)c2cc(-c3ccc4c(c3)C(c3ccccc3)(c3ccccc3)c3ccccc3-4)ccc21. The molecule has 1 aliphatic heterocycles. The minimum Gasteiger partial charge on any atom is -0.310 e. The Balaban J connectivity index is 1.11. The molecule has 0 bridgehead atoms. The number of hydrogen-bond acceptors (Lipinski definition) is 1. The number of nitrogens with zero attached hydrogens (tertiary/aromatic N) is 1. The van der Waals surface area contributed by atoms with E-state index in [0.29, 0.717) is 0 Å². The van der Waals surface area contributed by atoms with E-state index < -0.39 is 5.41 Å². The molecule has 1 aliphatic carbocycles. The first-order chi connectivity index (χ1) is 29.4. The van der Waals surface area contributed by atoms with Gasteiger partial charge in [-0.25, -0.2) is 0 Å². The van der Waals surface area contributed by atoms with E-state index in [0.717, 1.165) is 0 Å². The van der Waals surface area contributed by atoms with Crippen LogP contribution in [0, 0.1) is 6.92 Å². The number of hydrogen-bond donors (Lipinski definition) is 0. The van der Waals surface area contributed by atoms with Crippen LogP contribution in [-0.4, -0.2) is 0 Å². The van der Waals surface area contributed by atoms with E-state index >= 15 is 0 Å². The second-order valence-electron chi connectivity index (χ2n) is 16.9. The molecule has 0 spiro atoms. The number of fused-ring (bicyclic) bond motifs is 5. The van der Waals surface area contributed by atoms with Crippen molar-refractivity contribution in [3.63, 3.8) is 0 Å². The molecule has 0 saturated heterocycles. The quantitative estimate of drug-likeness (QED) is 0.163. The van der Waals surface area contributed by atoms with Gasteiger partial charge in [0, 0.05) is 11.1 Å². The van der Waals surface area contributed by atoms with Crippen molar-refractivity contribution >= 4 is 17.1 Å². The van der Waals surface area contributed by atoms with E-state index in [2.05, 4.69) is 244 Å². The van der Waals surface area contributed by atoms with Gasteiger partial charge in [0.2, 0.25) is 0 Å². The maximum absolute atomic E-state index is 2.51. The van der Waals surface area contributed by atoms with Crippen LogP contribution in [0.25, 0.3) is 44.5 Å². The Morgan fingerprint density at radius 2 is 0.717 bits per heavy atom. The van der Waals surface area contributed by atoms with Crippen molar-refractivity contribution in [3.8, 4) is 44.5 Å². The number of benzene rings is 9. The summed E-state index contributed by atoms with van der Waals surface area (Å²) in [6.45, 7) is 7.06. The van der Waals surface area contributed by atoms with Gasteiger partial charge < -0.3 is 4.90 Å². The summed E-state index contributed by atoms with van der Waals surface area (Å²) in [5.74, 6) is 0. The summed E-state index contributed by atoms with van der Waals surface area (Å²) >= 11 is 0. The predicted molar refractivity (Wildman–Crippen MR) is 252 cm³/mol. The van der Waals surface area contributed by atoms with Crippen molar-refractivity contribution in [2.75, 3.05) is 4.90 Å². The van der Waals surface area contributed by atoms with Gasteiger partial charge in [-0.15, -0.1) is 0 Å². The molecule has 0 atom stereocenters. The van der Waals surface area contributed by atoms with Gasteiger partial charge in [-0.2, -0.15) is 0 Å². The Morgan fingerprint density at radius 1 is 0.317 bits per heavy atom. The lowest BCUT2D eigenvalue weighted by atomic mass is 9.67. The molecule has 0 N–H and O–H groups in total. The number of aryl methyl sites for hydroxylation is 1. The van der Waals surface area contributed by atoms with Gasteiger partial charge in [-0.3, -0.25) is 0 Å². The molecule has 0 fully saturated rings. The minimum atomic E-state index is -0.453. The molecule has 0 aromatic heterocycles. The Labute approximate surface area is 353 Å². The van der Waals surface area contributed by atoms with E-state index in [1.165, 1.54) is 101 Å². The van der Waals surface area contributed by atoms with Gasteiger partial charge in [-0.05, 0) is 133 Å². The van der Waals surface area contributed by atoms with Crippen molar-refractivity contribution in [1.29, 1.82) is 0 Å². The smallest absolute Gasteiger partial charge is 0.0713 e. The zero-order valence-electron chi connectivity index (χ0n) is 34.2. The average Bonchev–Trinajstić information content (AvgIpc) is 3.61. The molecule has 0 radical (unpaired) electrons. The van der Waals surface area contributed by atoms with E-state index in [1.807, 2.05) is 0 Å². The highest BCUT2D eigenvalue weighted by atomic mass is 15.2. The fourth-order valence-corrected chi connectivity index (χ4v) is 10.3. The summed E-state index contributed by atoms with van der Waals surface area (Å²) < 4.78 is 0. The van der Waals surface area contributed by atoms with Gasteiger partial charge in [0.25, 0.3) is 0 Å². The molecular weight excluding hydrogens is 723 g/mol. The molecule has 0 unspecified atom stereocenters. The summed E-state index contributed by atoms with van der Waals surface area (Å²) in [6.07, 6.45) is 0. The first kappa shape index (κ1) is 35.9. The molecule has 0 amide bonds. The highest BCUT2D eigenvalue weighted by molar-refractivity contribution is 5.92. The Morgan fingerprint density at radius 3 is 1.25 bits per heavy atom. The topological polar surface area (TPSA) is 3.24 Å². The number of rotatable bonds is 6. The van der Waals surface area contributed by atoms with Crippen LogP contribution in [0.15, 0.2) is 218 Å². The summed E-state index contributed by atoms with van der Waals surface area (Å²) in [5, 5.41) is 0. The highest BCUT2D eigenvalue weighted by Gasteiger charge is 2.46. The van der Waals surface area contributed by atoms with Crippen LogP contribution >= 0.6 is 0 Å². The molecule has 9 aromatic rings. The fraction of sp³-hybridized carbons (Fsp3) is 0.0847. The largest absolute Gasteiger partial charge is 0.310 e. The van der Waals surface area contributed by atoms with Gasteiger partial charge in [-0.1, -0.05) is 190 Å². The summed E-state index contributed by atoms with van der Waals surface area (Å²) in [4.78, 5) is 2.51. The van der Waals surface area contributed by atoms with Crippen LogP contribution in [0.5, 0.6) is 0 Å². The Kier molecular flexibility index (Phi) is 8.36. The first-order valence-corrected chi connectivity index (χ1v) is 21.1. The molecule has 9 aromatic carbocycles. The van der Waals surface area contributed by atoms with Crippen LogP contribution in [-0.2, 0) is 10.8 Å². The maximum Gasteiger partial charge on any atom is 0.0713 e. The van der Waals surface area contributed by atoms with Crippen molar-refractivity contribution in [2.45, 2.75) is 31.6 Å². The standard InChI is InChI=1S/C59H45N/c1-40-36-43(41-18-8-4-9-19-41)29-33-55(40)60-56-34-30-44(42-20-10-5-11-21-42)38-53(56)58(2,3)54-39-46(31-35-57(54)60)45-28-32-50-49-26-16-17-27-51(49)59(52(50)37-45,47-22-12-6-13-23-47)48-24-14-7-15-25-48/h4-39H,1-3H3. The lowest BCUT2D eigenvalue weighted by Crippen LogP contribution is -2.31. The minimum absolute atomic E-state index is 0.287. The second kappa shape index (κ2) is 14.0. The molecule has 0 saturated carbocycles. The molecular formula is C59H45N. The first-order valence-electron chi connectivity index (χ1n) is 21.1. The lowest BCUT2D eigenvalue weighted by molar-refractivity contribution is 0.632. The monoisotopic (exact) mass is 767 g/mol. The normalized spacial score (nSPS) is 14.2. The summed E-state index contributed by atoms with van der Waals surface area (Å²) in [5.41, 5.74) is 21.9. The zero-order valence-corrected chi connectivity index (χ0v) is 34.2. The molecule has 1 heterocycles. The van der Waals surface area contributed by atoms with Crippen LogP contribution < -0.4 is 4.90 Å². The van der Waals surface area contributed by atoms with E-state index in [9.17, 15) is 0 Å². The van der Waals surface area contributed by atoms with E-state index in [4.69, 9.17) is 0 Å². The zero-order chi connectivity index (χ0) is 40.4. The van der Waals surface area contributed by atoms with Crippen molar-refractivity contribution < 1.29 is 0 Å². The van der Waals surface area contributed by atoms with Gasteiger partial charge in [0.15, 0.2) is 0 Å². The molecule has 60 heavy (non-hydrogen) atoms. The predicted octanol–water partition coefficient (Wildman–Crippen LogP) is 15.5. The third-order valence-corrected chi connectivity index (χ3v) is 13.3. The lowest BCUT2D eigenvalue weighted by Gasteiger charge is -2.43. The van der Waals surface area contributed by atoms with Crippen LogP contribution in [0.2, 0.25) is 0 Å². The van der Waals surface area contributed by atoms with Gasteiger partial charge in [0.1, 0.15) is 0 Å². The van der Waals surface area contributed by atoms with Gasteiger partial charge in [0.05, 0.1) is 16.8 Å².